The summed E-state index contributed by atoms with van der Waals surface area (Å²) in [7, 11) is 0. The molecule has 0 aromatic heterocycles. The zero-order valence-electron chi connectivity index (χ0n) is 12.2. The first-order valence-corrected chi connectivity index (χ1v) is 7.04. The highest BCUT2D eigenvalue weighted by molar-refractivity contribution is 6.40. The van der Waals surface area contributed by atoms with E-state index < -0.39 is 11.8 Å². The Hall–Kier alpha value is -2.86. The van der Waals surface area contributed by atoms with Gasteiger partial charge in [-0.15, -0.1) is 0 Å². The number of nitrogens with zero attached hydrogens (tertiary/aromatic N) is 1. The summed E-state index contributed by atoms with van der Waals surface area (Å²) in [5.41, 5.74) is 3.61. The van der Waals surface area contributed by atoms with Crippen molar-refractivity contribution >= 4 is 35.3 Å². The van der Waals surface area contributed by atoms with E-state index in [1.54, 1.807) is 43.3 Å². The molecule has 0 unspecified atom stereocenters. The van der Waals surface area contributed by atoms with E-state index in [-0.39, 0.29) is 5.75 Å². The molecular formula is C16H14ClN3O3. The van der Waals surface area contributed by atoms with E-state index in [0.29, 0.717) is 21.8 Å². The van der Waals surface area contributed by atoms with Crippen molar-refractivity contribution in [1.29, 1.82) is 0 Å². The molecule has 0 spiro atoms. The van der Waals surface area contributed by atoms with Crippen LogP contribution in [0.3, 0.4) is 0 Å². The Bertz CT molecular complexity index is 775. The minimum Gasteiger partial charge on any atom is -0.507 e. The summed E-state index contributed by atoms with van der Waals surface area (Å²) in [6, 6.07) is 11.4. The number of hydrogen-bond acceptors (Lipinski definition) is 4. The van der Waals surface area contributed by atoms with Crippen molar-refractivity contribution < 1.29 is 14.7 Å². The Morgan fingerprint density at radius 3 is 2.61 bits per heavy atom. The second kappa shape index (κ2) is 7.42. The van der Waals surface area contributed by atoms with E-state index in [1.165, 1.54) is 12.3 Å². The van der Waals surface area contributed by atoms with Crippen LogP contribution < -0.4 is 10.7 Å². The summed E-state index contributed by atoms with van der Waals surface area (Å²) in [6.07, 6.45) is 1.24. The summed E-state index contributed by atoms with van der Waals surface area (Å²) in [6.45, 7) is 1.73. The van der Waals surface area contributed by atoms with Crippen LogP contribution in [0.15, 0.2) is 47.6 Å². The van der Waals surface area contributed by atoms with Crippen molar-refractivity contribution in [3.8, 4) is 5.75 Å². The maximum absolute atomic E-state index is 11.8. The number of benzene rings is 2. The average Bonchev–Trinajstić information content (AvgIpc) is 2.53. The second-order valence-electron chi connectivity index (χ2n) is 4.62. The van der Waals surface area contributed by atoms with Gasteiger partial charge in [-0.05, 0) is 36.8 Å². The normalized spacial score (nSPS) is 10.5. The van der Waals surface area contributed by atoms with Crippen molar-refractivity contribution in [2.45, 2.75) is 6.92 Å². The lowest BCUT2D eigenvalue weighted by Crippen LogP contribution is -2.32. The van der Waals surface area contributed by atoms with Crippen molar-refractivity contribution in [1.82, 2.24) is 5.43 Å². The molecule has 6 nitrogen and oxygen atoms in total. The van der Waals surface area contributed by atoms with Crippen molar-refractivity contribution in [3.63, 3.8) is 0 Å². The molecule has 0 aliphatic carbocycles. The molecule has 2 amide bonds. The Labute approximate surface area is 137 Å². The fourth-order valence-corrected chi connectivity index (χ4v) is 1.90. The van der Waals surface area contributed by atoms with Gasteiger partial charge in [-0.1, -0.05) is 29.8 Å². The molecule has 0 heterocycles. The molecule has 2 aromatic rings. The average molecular weight is 332 g/mol. The molecular weight excluding hydrogens is 318 g/mol. The third-order valence-corrected chi connectivity index (χ3v) is 3.44. The standard InChI is InChI=1S/C16H14ClN3O3/c1-10-12(17)6-4-7-13(10)19-15(22)16(23)20-18-9-11-5-2-3-8-14(11)21/h2-9,21H,1H3,(H,19,22)(H,20,23). The van der Waals surface area contributed by atoms with Crippen molar-refractivity contribution in [3.05, 3.63) is 58.6 Å². The highest BCUT2D eigenvalue weighted by atomic mass is 35.5. The molecule has 0 bridgehead atoms. The minimum atomic E-state index is -0.934. The maximum atomic E-state index is 11.8. The number of para-hydroxylation sites is 1. The van der Waals surface area contributed by atoms with E-state index in [9.17, 15) is 14.7 Å². The number of hydrogen-bond donors (Lipinski definition) is 3. The first kappa shape index (κ1) is 16.5. The van der Waals surface area contributed by atoms with Gasteiger partial charge < -0.3 is 10.4 Å². The molecule has 0 saturated carbocycles. The third-order valence-electron chi connectivity index (χ3n) is 3.03. The molecule has 0 fully saturated rings. The Morgan fingerprint density at radius 2 is 1.87 bits per heavy atom. The first-order valence-electron chi connectivity index (χ1n) is 6.66. The predicted octanol–water partition coefficient (Wildman–Crippen LogP) is 2.44. The number of amides is 2. The molecule has 2 rings (SSSR count). The number of nitrogens with one attached hydrogen (secondary N) is 2. The number of phenols is 1. The van der Waals surface area contributed by atoms with Gasteiger partial charge in [0.2, 0.25) is 0 Å². The lowest BCUT2D eigenvalue weighted by Gasteiger charge is -2.08. The minimum absolute atomic E-state index is 0.0181. The fraction of sp³-hybridized carbons (Fsp3) is 0.0625. The number of hydrazone groups is 1. The Balaban J connectivity index is 1.97. The topological polar surface area (TPSA) is 90.8 Å². The van der Waals surface area contributed by atoms with Gasteiger partial charge in [0.15, 0.2) is 0 Å². The number of carbonyl (C=O) groups excluding carboxylic acids is 2. The lowest BCUT2D eigenvalue weighted by atomic mass is 10.2. The van der Waals surface area contributed by atoms with Gasteiger partial charge in [-0.2, -0.15) is 5.10 Å². The monoisotopic (exact) mass is 331 g/mol. The summed E-state index contributed by atoms with van der Waals surface area (Å²) >= 11 is 5.94. The molecule has 0 aliphatic heterocycles. The van der Waals surface area contributed by atoms with Gasteiger partial charge in [0.25, 0.3) is 0 Å². The predicted molar refractivity (Wildman–Crippen MR) is 88.7 cm³/mol. The number of halogens is 1. The molecule has 2 aromatic carbocycles. The van der Waals surface area contributed by atoms with Gasteiger partial charge in [0.1, 0.15) is 5.75 Å². The summed E-state index contributed by atoms with van der Waals surface area (Å²) in [5.74, 6) is -1.79. The van der Waals surface area contributed by atoms with Gasteiger partial charge in [-0.25, -0.2) is 5.43 Å². The number of anilines is 1. The van der Waals surface area contributed by atoms with E-state index in [1.807, 2.05) is 0 Å². The molecule has 118 valence electrons. The maximum Gasteiger partial charge on any atom is 0.329 e. The molecule has 0 radical (unpaired) electrons. The number of aromatic hydroxyl groups is 1. The Morgan fingerprint density at radius 1 is 1.13 bits per heavy atom. The van der Waals surface area contributed by atoms with Crippen molar-refractivity contribution in [2.24, 2.45) is 5.10 Å². The molecule has 3 N–H and O–H groups in total. The van der Waals surface area contributed by atoms with Crippen LogP contribution in [0, 0.1) is 6.92 Å². The Kier molecular flexibility index (Phi) is 5.32. The van der Waals surface area contributed by atoms with Gasteiger partial charge in [0.05, 0.1) is 6.21 Å². The molecule has 0 saturated heterocycles. The first-order chi connectivity index (χ1) is 11.0. The van der Waals surface area contributed by atoms with E-state index in [4.69, 9.17) is 11.6 Å². The lowest BCUT2D eigenvalue weighted by molar-refractivity contribution is -0.136. The molecule has 0 aliphatic rings. The smallest absolute Gasteiger partial charge is 0.329 e. The highest BCUT2D eigenvalue weighted by Gasteiger charge is 2.14. The molecule has 7 heteroatoms. The second-order valence-corrected chi connectivity index (χ2v) is 5.03. The zero-order valence-corrected chi connectivity index (χ0v) is 13.0. The van der Waals surface area contributed by atoms with Crippen LogP contribution in [0.2, 0.25) is 5.02 Å². The summed E-state index contributed by atoms with van der Waals surface area (Å²) < 4.78 is 0. The molecule has 0 atom stereocenters. The highest BCUT2D eigenvalue weighted by Crippen LogP contribution is 2.22. The van der Waals surface area contributed by atoms with Crippen LogP contribution in [0.4, 0.5) is 5.69 Å². The van der Waals surface area contributed by atoms with E-state index in [2.05, 4.69) is 15.8 Å². The van der Waals surface area contributed by atoms with E-state index in [0.717, 1.165) is 0 Å². The summed E-state index contributed by atoms with van der Waals surface area (Å²) in [4.78, 5) is 23.5. The van der Waals surface area contributed by atoms with Crippen LogP contribution in [0.5, 0.6) is 5.75 Å². The zero-order chi connectivity index (χ0) is 16.8. The van der Waals surface area contributed by atoms with Gasteiger partial charge >= 0.3 is 11.8 Å². The van der Waals surface area contributed by atoms with Crippen molar-refractivity contribution in [2.75, 3.05) is 5.32 Å². The number of carbonyl (C=O) groups is 2. The largest absolute Gasteiger partial charge is 0.507 e. The van der Waals surface area contributed by atoms with Gasteiger partial charge in [0, 0.05) is 16.3 Å². The van der Waals surface area contributed by atoms with Crippen LogP contribution >= 0.6 is 11.6 Å². The van der Waals surface area contributed by atoms with Crippen LogP contribution in [-0.2, 0) is 9.59 Å². The van der Waals surface area contributed by atoms with Crippen LogP contribution in [0.25, 0.3) is 0 Å². The molecule has 23 heavy (non-hydrogen) atoms. The van der Waals surface area contributed by atoms with Gasteiger partial charge in [-0.3, -0.25) is 9.59 Å². The van der Waals surface area contributed by atoms with Crippen LogP contribution in [-0.4, -0.2) is 23.1 Å². The van der Waals surface area contributed by atoms with E-state index >= 15 is 0 Å². The SMILES string of the molecule is Cc1c(Cl)cccc1NC(=O)C(=O)NN=Cc1ccccc1O. The third kappa shape index (κ3) is 4.31. The quantitative estimate of drug-likeness (QED) is 0.458. The summed E-state index contributed by atoms with van der Waals surface area (Å²) in [5, 5.41) is 16.1. The number of phenolic OH excluding ortho intramolecular Hbond substituents is 1. The fourth-order valence-electron chi connectivity index (χ4n) is 1.73. The number of rotatable bonds is 3. The van der Waals surface area contributed by atoms with Crippen LogP contribution in [0.1, 0.15) is 11.1 Å².